The van der Waals surface area contributed by atoms with Crippen LogP contribution >= 0.6 is 0 Å². The van der Waals surface area contributed by atoms with Gasteiger partial charge < -0.3 is 14.8 Å². The first-order chi connectivity index (χ1) is 17.5. The molecule has 1 unspecified atom stereocenters. The Bertz CT molecular complexity index is 1480. The highest BCUT2D eigenvalue weighted by atomic mass is 19.1. The number of H-pyrrole nitrogens is 1. The molecule has 0 aliphatic carbocycles. The van der Waals surface area contributed by atoms with E-state index in [2.05, 4.69) is 9.97 Å². The van der Waals surface area contributed by atoms with Gasteiger partial charge in [0.2, 0.25) is 0 Å². The van der Waals surface area contributed by atoms with Crippen LogP contribution in [-0.2, 0) is 13.0 Å². The number of aromatic nitrogens is 2. The van der Waals surface area contributed by atoms with Gasteiger partial charge in [0.15, 0.2) is 0 Å². The van der Waals surface area contributed by atoms with Crippen LogP contribution in [-0.4, -0.2) is 44.7 Å². The fraction of sp³-hybridized carbons (Fsp3) is 0.250. The van der Waals surface area contributed by atoms with Crippen LogP contribution in [0.25, 0.3) is 11.0 Å². The van der Waals surface area contributed by atoms with Crippen molar-refractivity contribution in [3.8, 4) is 0 Å². The van der Waals surface area contributed by atoms with Crippen molar-refractivity contribution in [3.05, 3.63) is 100 Å². The molecule has 2 aromatic heterocycles. The number of carbonyl (C=O) groups excluding carboxylic acids is 2. The molecular weight excluding hydrogens is 462 g/mol. The van der Waals surface area contributed by atoms with Crippen LogP contribution in [0.5, 0.6) is 0 Å². The number of nitrogens with one attached hydrogen (secondary N) is 1. The first-order valence-corrected chi connectivity index (χ1v) is 12.1. The van der Waals surface area contributed by atoms with Gasteiger partial charge in [-0.3, -0.25) is 9.59 Å². The Morgan fingerprint density at radius 2 is 1.81 bits per heavy atom. The molecule has 1 N–H and O–H groups in total. The third kappa shape index (κ3) is 3.73. The molecule has 6 rings (SSSR count). The van der Waals surface area contributed by atoms with Gasteiger partial charge in [-0.15, -0.1) is 0 Å². The third-order valence-electron chi connectivity index (χ3n) is 7.28. The monoisotopic (exact) mass is 486 g/mol. The number of rotatable bonds is 3. The summed E-state index contributed by atoms with van der Waals surface area (Å²) in [5.41, 5.74) is 3.73. The largest absolute Gasteiger partial charge is 0.345 e. The second kappa shape index (κ2) is 8.86. The number of pyridine rings is 1. The summed E-state index contributed by atoms with van der Waals surface area (Å²) in [6.45, 7) is 1.43. The normalized spacial score (nSPS) is 17.4. The van der Waals surface area contributed by atoms with E-state index in [0.29, 0.717) is 55.7 Å². The highest BCUT2D eigenvalue weighted by molar-refractivity contribution is 6.06. The number of hydrogen-bond donors (Lipinski definition) is 1. The number of aromatic amines is 1. The number of fused-ring (bicyclic) bond motifs is 2. The molecule has 1 saturated heterocycles. The molecule has 2 aliphatic rings. The quantitative estimate of drug-likeness (QED) is 0.442. The number of likely N-dealkylation sites (tertiary alicyclic amines) is 1. The van der Waals surface area contributed by atoms with E-state index >= 15 is 0 Å². The summed E-state index contributed by atoms with van der Waals surface area (Å²) in [6, 6.07) is 12.4. The van der Waals surface area contributed by atoms with E-state index in [4.69, 9.17) is 0 Å². The van der Waals surface area contributed by atoms with Gasteiger partial charge in [-0.1, -0.05) is 12.1 Å². The lowest BCUT2D eigenvalue weighted by Gasteiger charge is -2.30. The molecule has 4 heterocycles. The zero-order valence-electron chi connectivity index (χ0n) is 19.5. The Labute approximate surface area is 206 Å². The zero-order valence-corrected chi connectivity index (χ0v) is 19.5. The average Bonchev–Trinajstić information content (AvgIpc) is 3.55. The van der Waals surface area contributed by atoms with Gasteiger partial charge in [-0.05, 0) is 66.8 Å². The molecule has 2 amide bonds. The van der Waals surface area contributed by atoms with Crippen LogP contribution in [0, 0.1) is 11.6 Å². The van der Waals surface area contributed by atoms with E-state index in [9.17, 15) is 18.4 Å². The molecule has 6 nitrogen and oxygen atoms in total. The number of benzene rings is 2. The van der Waals surface area contributed by atoms with Crippen molar-refractivity contribution in [2.45, 2.75) is 31.8 Å². The van der Waals surface area contributed by atoms with Crippen molar-refractivity contribution < 1.29 is 18.4 Å². The van der Waals surface area contributed by atoms with E-state index in [1.807, 2.05) is 24.3 Å². The highest BCUT2D eigenvalue weighted by Gasteiger charge is 2.34. The summed E-state index contributed by atoms with van der Waals surface area (Å²) < 4.78 is 28.9. The van der Waals surface area contributed by atoms with Crippen molar-refractivity contribution in [3.63, 3.8) is 0 Å². The van der Waals surface area contributed by atoms with Crippen LogP contribution < -0.4 is 0 Å². The second-order valence-electron chi connectivity index (χ2n) is 9.35. The van der Waals surface area contributed by atoms with Crippen LogP contribution in [0.4, 0.5) is 8.78 Å². The molecule has 0 bridgehead atoms. The Kier molecular flexibility index (Phi) is 5.51. The van der Waals surface area contributed by atoms with Crippen molar-refractivity contribution >= 4 is 22.8 Å². The van der Waals surface area contributed by atoms with Gasteiger partial charge >= 0.3 is 0 Å². The van der Waals surface area contributed by atoms with Crippen molar-refractivity contribution in [2.75, 3.05) is 13.1 Å². The van der Waals surface area contributed by atoms with Crippen LogP contribution in [0.2, 0.25) is 0 Å². The van der Waals surface area contributed by atoms with Gasteiger partial charge in [0.25, 0.3) is 11.8 Å². The molecule has 182 valence electrons. The fourth-order valence-electron chi connectivity index (χ4n) is 5.47. The molecule has 0 radical (unpaired) electrons. The number of nitrogens with zero attached hydrogens (tertiary/aromatic N) is 3. The summed E-state index contributed by atoms with van der Waals surface area (Å²) in [5.74, 6) is -1.54. The lowest BCUT2D eigenvalue weighted by molar-refractivity contribution is 0.0720. The average molecular weight is 487 g/mol. The molecule has 4 aromatic rings. The molecule has 8 heteroatoms. The van der Waals surface area contributed by atoms with Gasteiger partial charge in [0.1, 0.15) is 17.3 Å². The predicted molar refractivity (Wildman–Crippen MR) is 130 cm³/mol. The number of halogens is 2. The molecule has 1 fully saturated rings. The topological polar surface area (TPSA) is 69.3 Å². The van der Waals surface area contributed by atoms with E-state index < -0.39 is 17.7 Å². The van der Waals surface area contributed by atoms with Crippen LogP contribution in [0.15, 0.2) is 60.9 Å². The summed E-state index contributed by atoms with van der Waals surface area (Å²) in [7, 11) is 0. The fourth-order valence-corrected chi connectivity index (χ4v) is 5.47. The summed E-state index contributed by atoms with van der Waals surface area (Å²) in [6.07, 6.45) is 5.21. The number of amides is 2. The number of hydrogen-bond acceptors (Lipinski definition) is 3. The van der Waals surface area contributed by atoms with Gasteiger partial charge in [0.05, 0.1) is 11.6 Å². The zero-order chi connectivity index (χ0) is 24.8. The SMILES string of the molecule is O=C(c1c[nH]c2ncccc12)N1CCc2cc(C(=O)N3CCCC3c3c(F)cccc3F)ccc2C1. The lowest BCUT2D eigenvalue weighted by Crippen LogP contribution is -2.36. The van der Waals surface area contributed by atoms with Gasteiger partial charge in [0, 0.05) is 48.5 Å². The van der Waals surface area contributed by atoms with E-state index in [-0.39, 0.29) is 17.4 Å². The van der Waals surface area contributed by atoms with Crippen molar-refractivity contribution in [1.29, 1.82) is 0 Å². The third-order valence-corrected chi connectivity index (χ3v) is 7.28. The maximum absolute atomic E-state index is 14.4. The Morgan fingerprint density at radius 3 is 2.64 bits per heavy atom. The minimum absolute atomic E-state index is 0.0389. The molecule has 1 atom stereocenters. The molecular formula is C28H24F2N4O2. The molecule has 0 saturated carbocycles. The van der Waals surface area contributed by atoms with Crippen LogP contribution in [0.1, 0.15) is 56.3 Å². The lowest BCUT2D eigenvalue weighted by atomic mass is 9.96. The standard InChI is InChI=1S/C28H24F2N4O2/c29-22-5-1-6-23(30)25(22)24-7-3-12-34(24)27(35)18-8-9-19-16-33(13-10-17(19)14-18)28(36)21-15-32-26-20(21)4-2-11-31-26/h1-2,4-6,8-9,11,14-15,24H,3,7,10,12-13,16H2,(H,31,32). The predicted octanol–water partition coefficient (Wildman–Crippen LogP) is 5.02. The van der Waals surface area contributed by atoms with Crippen LogP contribution in [0.3, 0.4) is 0 Å². The van der Waals surface area contributed by atoms with E-state index in [0.717, 1.165) is 16.5 Å². The molecule has 36 heavy (non-hydrogen) atoms. The minimum Gasteiger partial charge on any atom is -0.345 e. The molecule has 0 spiro atoms. The Balaban J connectivity index is 1.22. The van der Waals surface area contributed by atoms with Gasteiger partial charge in [-0.25, -0.2) is 13.8 Å². The molecule has 2 aliphatic heterocycles. The van der Waals surface area contributed by atoms with E-state index in [1.165, 1.54) is 18.2 Å². The maximum Gasteiger partial charge on any atom is 0.256 e. The summed E-state index contributed by atoms with van der Waals surface area (Å²) in [5, 5.41) is 0.792. The maximum atomic E-state index is 14.4. The second-order valence-corrected chi connectivity index (χ2v) is 9.35. The first kappa shape index (κ1) is 22.4. The highest BCUT2D eigenvalue weighted by Crippen LogP contribution is 2.36. The summed E-state index contributed by atoms with van der Waals surface area (Å²) >= 11 is 0. The van der Waals surface area contributed by atoms with Crippen molar-refractivity contribution in [1.82, 2.24) is 19.8 Å². The Morgan fingerprint density at radius 1 is 0.972 bits per heavy atom. The minimum atomic E-state index is -0.624. The van der Waals surface area contributed by atoms with Gasteiger partial charge in [-0.2, -0.15) is 0 Å². The summed E-state index contributed by atoms with van der Waals surface area (Å²) in [4.78, 5) is 37.3. The van der Waals surface area contributed by atoms with Crippen molar-refractivity contribution in [2.24, 2.45) is 0 Å². The number of carbonyl (C=O) groups is 2. The first-order valence-electron chi connectivity index (χ1n) is 12.1. The smallest absolute Gasteiger partial charge is 0.256 e. The molecule has 2 aromatic carbocycles. The van der Waals surface area contributed by atoms with E-state index in [1.54, 1.807) is 28.3 Å². The Hall–Kier alpha value is -4.07.